The molecule has 1 saturated heterocycles. The van der Waals surface area contributed by atoms with E-state index >= 15 is 0 Å². The lowest BCUT2D eigenvalue weighted by atomic mass is 10.1. The molecule has 7 heteroatoms. The first-order valence-electron chi connectivity index (χ1n) is 8.32. The molecule has 3 aromatic rings. The molecule has 1 atom stereocenters. The fourth-order valence-electron chi connectivity index (χ4n) is 3.45. The molecule has 1 fully saturated rings. The van der Waals surface area contributed by atoms with Gasteiger partial charge in [0.05, 0.1) is 23.5 Å². The Morgan fingerprint density at radius 2 is 2.00 bits per heavy atom. The van der Waals surface area contributed by atoms with Gasteiger partial charge in [0, 0.05) is 31.5 Å². The highest BCUT2D eigenvalue weighted by Crippen LogP contribution is 2.31. The van der Waals surface area contributed by atoms with E-state index in [4.69, 9.17) is 0 Å². The van der Waals surface area contributed by atoms with Crippen molar-refractivity contribution < 1.29 is 8.42 Å². The van der Waals surface area contributed by atoms with Crippen LogP contribution in [0.25, 0.3) is 22.8 Å². The number of benzene rings is 1. The highest BCUT2D eigenvalue weighted by atomic mass is 32.2. The summed E-state index contributed by atoms with van der Waals surface area (Å²) >= 11 is 0. The van der Waals surface area contributed by atoms with Crippen molar-refractivity contribution in [1.82, 2.24) is 19.1 Å². The minimum atomic E-state index is -2.89. The summed E-state index contributed by atoms with van der Waals surface area (Å²) in [7, 11) is -0.937. The molecule has 0 bridgehead atoms. The number of rotatable bonds is 4. The molecule has 4 rings (SSSR count). The molecule has 1 aromatic carbocycles. The molecule has 0 spiro atoms. The van der Waals surface area contributed by atoms with Crippen LogP contribution in [0.2, 0.25) is 0 Å². The number of nitrogens with zero attached hydrogens (tertiary/aromatic N) is 4. The second-order valence-electron chi connectivity index (χ2n) is 6.59. The molecule has 25 heavy (non-hydrogen) atoms. The molecule has 1 aliphatic heterocycles. The second-order valence-corrected chi connectivity index (χ2v) is 8.82. The molecule has 0 aliphatic carbocycles. The summed E-state index contributed by atoms with van der Waals surface area (Å²) in [4.78, 5) is 9.11. The van der Waals surface area contributed by atoms with Crippen LogP contribution in [-0.4, -0.2) is 39.0 Å². The Bertz CT molecular complexity index is 989. The standard InChI is InChI=1S/C18H20N4O2S/c1-21-9-8-19-18(21)17-16(15-5-3-2-4-6-15)20-13-22(17)11-14-7-10-25(23,24)12-14/h2-6,8-9,13-14H,7,10-12H2,1H3. The van der Waals surface area contributed by atoms with E-state index in [9.17, 15) is 8.42 Å². The van der Waals surface area contributed by atoms with E-state index in [0.29, 0.717) is 13.0 Å². The first kappa shape index (κ1) is 16.1. The van der Waals surface area contributed by atoms with Crippen LogP contribution >= 0.6 is 0 Å². The van der Waals surface area contributed by atoms with Gasteiger partial charge in [-0.1, -0.05) is 30.3 Å². The summed E-state index contributed by atoms with van der Waals surface area (Å²) in [5.41, 5.74) is 2.83. The monoisotopic (exact) mass is 356 g/mol. The van der Waals surface area contributed by atoms with Crippen LogP contribution in [-0.2, 0) is 23.4 Å². The van der Waals surface area contributed by atoms with E-state index in [-0.39, 0.29) is 17.4 Å². The first-order chi connectivity index (χ1) is 12.0. The van der Waals surface area contributed by atoms with Gasteiger partial charge in [0.2, 0.25) is 0 Å². The molecule has 1 unspecified atom stereocenters. The van der Waals surface area contributed by atoms with E-state index in [2.05, 4.69) is 14.5 Å². The van der Waals surface area contributed by atoms with E-state index < -0.39 is 9.84 Å². The Kier molecular flexibility index (Phi) is 3.95. The molecule has 3 heterocycles. The lowest BCUT2D eigenvalue weighted by Crippen LogP contribution is -2.13. The van der Waals surface area contributed by atoms with Crippen molar-refractivity contribution in [3.63, 3.8) is 0 Å². The third-order valence-corrected chi connectivity index (χ3v) is 6.54. The Morgan fingerprint density at radius 1 is 1.20 bits per heavy atom. The van der Waals surface area contributed by atoms with Crippen LogP contribution in [0.4, 0.5) is 0 Å². The first-order valence-corrected chi connectivity index (χ1v) is 10.1. The molecule has 1 aliphatic rings. The molecule has 2 aromatic heterocycles. The molecule has 0 radical (unpaired) electrons. The maximum Gasteiger partial charge on any atom is 0.158 e. The normalized spacial score (nSPS) is 19.3. The molecule has 0 amide bonds. The molecule has 0 saturated carbocycles. The number of aromatic nitrogens is 4. The van der Waals surface area contributed by atoms with Crippen LogP contribution in [0, 0.1) is 5.92 Å². The molecular formula is C18H20N4O2S. The van der Waals surface area contributed by atoms with Crippen molar-refractivity contribution in [3.8, 4) is 22.8 Å². The van der Waals surface area contributed by atoms with E-state index in [0.717, 1.165) is 22.8 Å². The number of aryl methyl sites for hydroxylation is 1. The SMILES string of the molecule is Cn1ccnc1-c1c(-c2ccccc2)ncn1CC1CCS(=O)(=O)C1. The van der Waals surface area contributed by atoms with Crippen LogP contribution in [0.5, 0.6) is 0 Å². The molecular weight excluding hydrogens is 336 g/mol. The van der Waals surface area contributed by atoms with Gasteiger partial charge in [-0.15, -0.1) is 0 Å². The van der Waals surface area contributed by atoms with Gasteiger partial charge in [0.25, 0.3) is 0 Å². The Morgan fingerprint density at radius 3 is 2.64 bits per heavy atom. The fourth-order valence-corrected chi connectivity index (χ4v) is 5.30. The Hall–Kier alpha value is -2.41. The highest BCUT2D eigenvalue weighted by molar-refractivity contribution is 7.91. The summed E-state index contributed by atoms with van der Waals surface area (Å²) in [6.45, 7) is 0.640. The quantitative estimate of drug-likeness (QED) is 0.720. The molecule has 6 nitrogen and oxygen atoms in total. The Balaban J connectivity index is 1.77. The van der Waals surface area contributed by atoms with Crippen molar-refractivity contribution in [2.45, 2.75) is 13.0 Å². The van der Waals surface area contributed by atoms with Crippen molar-refractivity contribution >= 4 is 9.84 Å². The summed E-state index contributed by atoms with van der Waals surface area (Å²) in [6.07, 6.45) is 6.18. The predicted octanol–water partition coefficient (Wildman–Crippen LogP) is 2.39. The van der Waals surface area contributed by atoms with Crippen LogP contribution in [0.1, 0.15) is 6.42 Å². The van der Waals surface area contributed by atoms with Gasteiger partial charge in [-0.25, -0.2) is 18.4 Å². The van der Waals surface area contributed by atoms with Crippen molar-refractivity contribution in [2.24, 2.45) is 13.0 Å². The van der Waals surface area contributed by atoms with Gasteiger partial charge in [0.15, 0.2) is 15.7 Å². The van der Waals surface area contributed by atoms with Gasteiger partial charge in [-0.2, -0.15) is 0 Å². The maximum atomic E-state index is 11.8. The average Bonchev–Trinajstić information content (AvgIpc) is 3.27. The minimum Gasteiger partial charge on any atom is -0.333 e. The van der Waals surface area contributed by atoms with Crippen LogP contribution in [0.15, 0.2) is 49.1 Å². The number of hydrogen-bond donors (Lipinski definition) is 0. The van der Waals surface area contributed by atoms with Gasteiger partial charge in [-0.3, -0.25) is 0 Å². The van der Waals surface area contributed by atoms with Crippen molar-refractivity contribution in [1.29, 1.82) is 0 Å². The lowest BCUT2D eigenvalue weighted by Gasteiger charge is -2.13. The van der Waals surface area contributed by atoms with Crippen LogP contribution < -0.4 is 0 Å². The Labute approximate surface area is 147 Å². The largest absolute Gasteiger partial charge is 0.333 e. The number of sulfone groups is 1. The van der Waals surface area contributed by atoms with Gasteiger partial charge in [-0.05, 0) is 12.3 Å². The third-order valence-electron chi connectivity index (χ3n) is 4.70. The highest BCUT2D eigenvalue weighted by Gasteiger charge is 2.29. The maximum absolute atomic E-state index is 11.8. The molecule has 0 N–H and O–H groups in total. The molecule has 130 valence electrons. The summed E-state index contributed by atoms with van der Waals surface area (Å²) in [6, 6.07) is 10.0. The van der Waals surface area contributed by atoms with E-state index in [1.54, 1.807) is 12.5 Å². The van der Waals surface area contributed by atoms with E-state index in [1.165, 1.54) is 0 Å². The minimum absolute atomic E-state index is 0.127. The van der Waals surface area contributed by atoms with Gasteiger partial charge >= 0.3 is 0 Å². The van der Waals surface area contributed by atoms with Crippen LogP contribution in [0.3, 0.4) is 0 Å². The van der Waals surface area contributed by atoms with E-state index in [1.807, 2.05) is 48.1 Å². The zero-order valence-corrected chi connectivity index (χ0v) is 14.9. The van der Waals surface area contributed by atoms with Crippen molar-refractivity contribution in [2.75, 3.05) is 11.5 Å². The van der Waals surface area contributed by atoms with Gasteiger partial charge in [0.1, 0.15) is 5.69 Å². The summed E-state index contributed by atoms with van der Waals surface area (Å²) < 4.78 is 27.6. The smallest absolute Gasteiger partial charge is 0.158 e. The van der Waals surface area contributed by atoms with Gasteiger partial charge < -0.3 is 9.13 Å². The zero-order valence-electron chi connectivity index (χ0n) is 14.0. The summed E-state index contributed by atoms with van der Waals surface area (Å²) in [5, 5.41) is 0. The number of imidazole rings is 2. The second kappa shape index (κ2) is 6.15. The van der Waals surface area contributed by atoms with Crippen molar-refractivity contribution in [3.05, 3.63) is 49.1 Å². The summed E-state index contributed by atoms with van der Waals surface area (Å²) in [5.74, 6) is 1.50. The topological polar surface area (TPSA) is 69.8 Å². The number of hydrogen-bond acceptors (Lipinski definition) is 4. The fraction of sp³-hybridized carbons (Fsp3) is 0.333. The predicted molar refractivity (Wildman–Crippen MR) is 96.6 cm³/mol. The average molecular weight is 356 g/mol. The zero-order chi connectivity index (χ0) is 17.4. The third kappa shape index (κ3) is 3.11. The lowest BCUT2D eigenvalue weighted by molar-refractivity contribution is 0.492.